The summed E-state index contributed by atoms with van der Waals surface area (Å²) in [5.74, 6) is 1.69. The largest absolute Gasteiger partial charge is 0.491 e. The standard InChI is InChI=1S/C15H21N3O/c1-9(2)19-13-7-5-12(6-8-13)14-11(4)17-15(18-14)10(3)16/h5-10H,16H2,1-4H3,(H,17,18). The van der Waals surface area contributed by atoms with Crippen LogP contribution < -0.4 is 10.5 Å². The second kappa shape index (κ2) is 5.45. The number of nitrogens with one attached hydrogen (secondary N) is 1. The highest BCUT2D eigenvalue weighted by Crippen LogP contribution is 2.25. The number of aromatic amines is 1. The van der Waals surface area contributed by atoms with Crippen molar-refractivity contribution in [3.05, 3.63) is 35.8 Å². The van der Waals surface area contributed by atoms with Gasteiger partial charge in [0.25, 0.3) is 0 Å². The predicted octanol–water partition coefficient (Wildman–Crippen LogP) is 3.19. The molecule has 1 aromatic heterocycles. The van der Waals surface area contributed by atoms with Gasteiger partial charge in [-0.05, 0) is 52.0 Å². The van der Waals surface area contributed by atoms with Gasteiger partial charge in [0.15, 0.2) is 0 Å². The van der Waals surface area contributed by atoms with Gasteiger partial charge in [-0.15, -0.1) is 0 Å². The van der Waals surface area contributed by atoms with Crippen LogP contribution in [0.15, 0.2) is 24.3 Å². The van der Waals surface area contributed by atoms with Crippen molar-refractivity contribution < 1.29 is 4.74 Å². The van der Waals surface area contributed by atoms with E-state index in [-0.39, 0.29) is 12.1 Å². The third kappa shape index (κ3) is 3.15. The minimum atomic E-state index is -0.0870. The molecule has 1 atom stereocenters. The van der Waals surface area contributed by atoms with Crippen molar-refractivity contribution in [1.29, 1.82) is 0 Å². The second-order valence-electron chi connectivity index (χ2n) is 5.08. The first kappa shape index (κ1) is 13.6. The van der Waals surface area contributed by atoms with E-state index in [0.29, 0.717) is 0 Å². The van der Waals surface area contributed by atoms with Crippen LogP contribution in [0.5, 0.6) is 5.75 Å². The molecule has 4 heteroatoms. The Morgan fingerprint density at radius 2 is 1.79 bits per heavy atom. The first-order valence-electron chi connectivity index (χ1n) is 6.56. The van der Waals surface area contributed by atoms with Gasteiger partial charge in [0.05, 0.1) is 17.8 Å². The molecule has 1 heterocycles. The van der Waals surface area contributed by atoms with Crippen molar-refractivity contribution in [2.45, 2.75) is 39.8 Å². The zero-order valence-electron chi connectivity index (χ0n) is 11.9. The summed E-state index contributed by atoms with van der Waals surface area (Å²) in [4.78, 5) is 7.77. The van der Waals surface area contributed by atoms with Crippen LogP contribution >= 0.6 is 0 Å². The number of nitrogens with two attached hydrogens (primary N) is 1. The first-order chi connectivity index (χ1) is 8.97. The smallest absolute Gasteiger partial charge is 0.123 e. The summed E-state index contributed by atoms with van der Waals surface area (Å²) >= 11 is 0. The SMILES string of the molecule is Cc1[nH]c(C(C)N)nc1-c1ccc(OC(C)C)cc1. The average Bonchev–Trinajstić information content (AvgIpc) is 2.72. The molecule has 0 spiro atoms. The fourth-order valence-electron chi connectivity index (χ4n) is 1.94. The monoisotopic (exact) mass is 259 g/mol. The van der Waals surface area contributed by atoms with E-state index in [1.54, 1.807) is 0 Å². The van der Waals surface area contributed by atoms with Gasteiger partial charge >= 0.3 is 0 Å². The van der Waals surface area contributed by atoms with Crippen molar-refractivity contribution in [3.8, 4) is 17.0 Å². The average molecular weight is 259 g/mol. The molecule has 2 rings (SSSR count). The molecule has 0 bridgehead atoms. The topological polar surface area (TPSA) is 63.9 Å². The zero-order chi connectivity index (χ0) is 14.0. The molecule has 0 fully saturated rings. The maximum Gasteiger partial charge on any atom is 0.123 e. The van der Waals surface area contributed by atoms with E-state index in [9.17, 15) is 0 Å². The van der Waals surface area contributed by atoms with Crippen LogP contribution in [0.4, 0.5) is 0 Å². The number of rotatable bonds is 4. The Morgan fingerprint density at radius 3 is 2.26 bits per heavy atom. The summed E-state index contributed by atoms with van der Waals surface area (Å²) in [5, 5.41) is 0. The summed E-state index contributed by atoms with van der Waals surface area (Å²) in [6.45, 7) is 7.95. The molecule has 0 saturated heterocycles. The third-order valence-corrected chi connectivity index (χ3v) is 2.83. The van der Waals surface area contributed by atoms with Crippen LogP contribution in [0.3, 0.4) is 0 Å². The van der Waals surface area contributed by atoms with E-state index < -0.39 is 0 Å². The summed E-state index contributed by atoms with van der Waals surface area (Å²) in [7, 11) is 0. The Morgan fingerprint density at radius 1 is 1.16 bits per heavy atom. The molecule has 4 nitrogen and oxygen atoms in total. The van der Waals surface area contributed by atoms with Gasteiger partial charge in [0.2, 0.25) is 0 Å². The van der Waals surface area contributed by atoms with Gasteiger partial charge in [-0.1, -0.05) is 0 Å². The number of aromatic nitrogens is 2. The fraction of sp³-hybridized carbons (Fsp3) is 0.400. The van der Waals surface area contributed by atoms with Crippen LogP contribution in [-0.2, 0) is 0 Å². The summed E-state index contributed by atoms with van der Waals surface area (Å²) in [6.07, 6.45) is 0.183. The summed E-state index contributed by atoms with van der Waals surface area (Å²) < 4.78 is 5.63. The molecular weight excluding hydrogens is 238 g/mol. The Kier molecular flexibility index (Phi) is 3.90. The molecular formula is C15H21N3O. The fourth-order valence-corrected chi connectivity index (χ4v) is 1.94. The van der Waals surface area contributed by atoms with Gasteiger partial charge in [-0.2, -0.15) is 0 Å². The number of imidazole rings is 1. The van der Waals surface area contributed by atoms with Gasteiger partial charge < -0.3 is 15.5 Å². The molecule has 0 amide bonds. The molecule has 3 N–H and O–H groups in total. The van der Waals surface area contributed by atoms with E-state index in [0.717, 1.165) is 28.5 Å². The molecule has 1 unspecified atom stereocenters. The highest BCUT2D eigenvalue weighted by molar-refractivity contribution is 5.62. The van der Waals surface area contributed by atoms with E-state index in [1.807, 2.05) is 52.0 Å². The van der Waals surface area contributed by atoms with E-state index in [1.165, 1.54) is 0 Å². The Bertz CT molecular complexity index is 541. The quantitative estimate of drug-likeness (QED) is 0.886. The number of aryl methyl sites for hydroxylation is 1. The van der Waals surface area contributed by atoms with Crippen molar-refractivity contribution >= 4 is 0 Å². The van der Waals surface area contributed by atoms with Crippen molar-refractivity contribution in [3.63, 3.8) is 0 Å². The van der Waals surface area contributed by atoms with E-state index in [2.05, 4.69) is 9.97 Å². The minimum Gasteiger partial charge on any atom is -0.491 e. The lowest BCUT2D eigenvalue weighted by atomic mass is 10.1. The maximum absolute atomic E-state index is 5.84. The molecule has 102 valence electrons. The molecule has 0 saturated carbocycles. The first-order valence-corrected chi connectivity index (χ1v) is 6.56. The third-order valence-electron chi connectivity index (χ3n) is 2.83. The molecule has 0 aliphatic rings. The van der Waals surface area contributed by atoms with Crippen LogP contribution in [0.2, 0.25) is 0 Å². The number of benzene rings is 1. The highest BCUT2D eigenvalue weighted by atomic mass is 16.5. The Labute approximate surface area is 114 Å². The minimum absolute atomic E-state index is 0.0870. The molecule has 0 radical (unpaired) electrons. The van der Waals surface area contributed by atoms with Gasteiger partial charge in [-0.25, -0.2) is 4.98 Å². The lowest BCUT2D eigenvalue weighted by Gasteiger charge is -2.09. The van der Waals surface area contributed by atoms with Crippen molar-refractivity contribution in [2.75, 3.05) is 0 Å². The molecule has 0 aliphatic heterocycles. The van der Waals surface area contributed by atoms with Gasteiger partial charge in [0, 0.05) is 11.3 Å². The van der Waals surface area contributed by atoms with E-state index >= 15 is 0 Å². The lowest BCUT2D eigenvalue weighted by Crippen LogP contribution is -2.06. The number of hydrogen-bond acceptors (Lipinski definition) is 3. The predicted molar refractivity (Wildman–Crippen MR) is 77.1 cm³/mol. The normalized spacial score (nSPS) is 12.7. The van der Waals surface area contributed by atoms with Crippen LogP contribution in [-0.4, -0.2) is 16.1 Å². The van der Waals surface area contributed by atoms with Crippen molar-refractivity contribution in [2.24, 2.45) is 5.73 Å². The molecule has 0 aliphatic carbocycles. The number of H-pyrrole nitrogens is 1. The van der Waals surface area contributed by atoms with Crippen LogP contribution in [0.25, 0.3) is 11.3 Å². The summed E-state index contributed by atoms with van der Waals surface area (Å²) in [6, 6.07) is 7.89. The number of nitrogens with zero attached hydrogens (tertiary/aromatic N) is 1. The highest BCUT2D eigenvalue weighted by Gasteiger charge is 2.11. The van der Waals surface area contributed by atoms with Gasteiger partial charge in [-0.3, -0.25) is 0 Å². The van der Waals surface area contributed by atoms with Crippen LogP contribution in [0.1, 0.15) is 38.3 Å². The van der Waals surface area contributed by atoms with Crippen LogP contribution in [0, 0.1) is 6.92 Å². The maximum atomic E-state index is 5.84. The number of hydrogen-bond donors (Lipinski definition) is 2. The van der Waals surface area contributed by atoms with E-state index in [4.69, 9.17) is 10.5 Å². The summed E-state index contributed by atoms with van der Waals surface area (Å²) in [5.41, 5.74) is 8.89. The Balaban J connectivity index is 2.27. The lowest BCUT2D eigenvalue weighted by molar-refractivity contribution is 0.242. The second-order valence-corrected chi connectivity index (χ2v) is 5.08. The van der Waals surface area contributed by atoms with Gasteiger partial charge in [0.1, 0.15) is 11.6 Å². The molecule has 1 aromatic carbocycles. The number of ether oxygens (including phenoxy) is 1. The molecule has 2 aromatic rings. The zero-order valence-corrected chi connectivity index (χ0v) is 11.9. The van der Waals surface area contributed by atoms with Crippen molar-refractivity contribution in [1.82, 2.24) is 9.97 Å². The molecule has 19 heavy (non-hydrogen) atoms. The Hall–Kier alpha value is -1.81.